The van der Waals surface area contributed by atoms with Crippen LogP contribution in [-0.2, 0) is 4.79 Å². The minimum atomic E-state index is 0.0405. The van der Waals surface area contributed by atoms with Crippen LogP contribution in [0.25, 0.3) is 0 Å². The van der Waals surface area contributed by atoms with E-state index < -0.39 is 0 Å². The molecule has 1 aromatic carbocycles. The van der Waals surface area contributed by atoms with Crippen LogP contribution in [0.2, 0.25) is 0 Å². The maximum atomic E-state index is 11.3. The van der Waals surface area contributed by atoms with Gasteiger partial charge < -0.3 is 0 Å². The van der Waals surface area contributed by atoms with Crippen LogP contribution in [0.5, 0.6) is 0 Å². The lowest BCUT2D eigenvalue weighted by molar-refractivity contribution is -0.118. The second-order valence-corrected chi connectivity index (χ2v) is 4.89. The number of benzene rings is 1. The molecule has 1 heterocycles. The third-order valence-corrected chi connectivity index (χ3v) is 3.10. The Hall–Kier alpha value is -1.96. The smallest absolute Gasteiger partial charge is 0.137 e. The average Bonchev–Trinajstić information content (AvgIpc) is 2.65. The Bertz CT molecular complexity index is 494. The average molecular weight is 330 g/mol. The van der Waals surface area contributed by atoms with Crippen molar-refractivity contribution in [3.8, 4) is 0 Å². The topological polar surface area (TPSA) is 30.0 Å². The molecule has 0 saturated heterocycles. The molecule has 24 heavy (non-hydrogen) atoms. The molecule has 0 saturated carbocycles. The molecule has 1 atom stereocenters. The Morgan fingerprint density at radius 2 is 1.58 bits per heavy atom. The number of ketones is 1. The second-order valence-electron chi connectivity index (χ2n) is 4.89. The zero-order valence-corrected chi connectivity index (χ0v) is 16.5. The van der Waals surface area contributed by atoms with E-state index in [1.165, 1.54) is 5.56 Å². The predicted octanol–water partition coefficient (Wildman–Crippen LogP) is 6.60. The number of rotatable bonds is 4. The van der Waals surface area contributed by atoms with Gasteiger partial charge in [-0.2, -0.15) is 0 Å². The lowest BCUT2D eigenvalue weighted by atomic mass is 9.92. The number of hydrogen-bond donors (Lipinski definition) is 0. The number of aryl methyl sites for hydroxylation is 1. The van der Waals surface area contributed by atoms with Gasteiger partial charge in [-0.15, -0.1) is 0 Å². The van der Waals surface area contributed by atoms with E-state index >= 15 is 0 Å². The third kappa shape index (κ3) is 11.6. The number of aromatic nitrogens is 1. The fraction of sp³-hybridized carbons (Fsp3) is 0.455. The van der Waals surface area contributed by atoms with Gasteiger partial charge in [-0.3, -0.25) is 9.78 Å². The minimum Gasteiger partial charge on any atom is -0.299 e. The van der Waals surface area contributed by atoms with E-state index in [0.717, 1.165) is 18.4 Å². The Morgan fingerprint density at radius 3 is 1.92 bits per heavy atom. The van der Waals surface area contributed by atoms with Crippen LogP contribution < -0.4 is 0 Å². The number of carbonyl (C=O) groups excluding carboxylic acids is 1. The van der Waals surface area contributed by atoms with Crippen LogP contribution >= 0.6 is 0 Å². The van der Waals surface area contributed by atoms with Gasteiger partial charge in [0, 0.05) is 18.3 Å². The first-order valence-electron chi connectivity index (χ1n) is 9.07. The molecule has 0 radical (unpaired) electrons. The molecular formula is C22H35NO. The minimum absolute atomic E-state index is 0.0405. The standard InChI is InChI=1S/C11H15NO.C7H8.2C2H6/c1-3-5-11(9(2)13)10-6-4-7-12-8-10;1-7-5-3-2-4-6-7;2*1-2/h4,6-8,11H,3,5H2,1-2H3;2-6H,1H3;2*1-2H3. The van der Waals surface area contributed by atoms with Gasteiger partial charge >= 0.3 is 0 Å². The molecule has 0 aliphatic heterocycles. The lowest BCUT2D eigenvalue weighted by Crippen LogP contribution is -2.08. The summed E-state index contributed by atoms with van der Waals surface area (Å²) in [5, 5.41) is 0. The van der Waals surface area contributed by atoms with Crippen molar-refractivity contribution in [2.75, 3.05) is 0 Å². The van der Waals surface area contributed by atoms with Crippen LogP contribution in [0.15, 0.2) is 54.9 Å². The van der Waals surface area contributed by atoms with Crippen molar-refractivity contribution in [2.24, 2.45) is 0 Å². The van der Waals surface area contributed by atoms with Crippen molar-refractivity contribution in [3.63, 3.8) is 0 Å². The van der Waals surface area contributed by atoms with Gasteiger partial charge in [-0.05, 0) is 31.9 Å². The molecule has 0 aliphatic carbocycles. The summed E-state index contributed by atoms with van der Waals surface area (Å²) in [6.07, 6.45) is 5.45. The molecule has 0 amide bonds. The molecule has 0 N–H and O–H groups in total. The summed E-state index contributed by atoms with van der Waals surface area (Å²) in [5.74, 6) is 0.272. The third-order valence-electron chi connectivity index (χ3n) is 3.10. The van der Waals surface area contributed by atoms with Crippen molar-refractivity contribution >= 4 is 5.78 Å². The van der Waals surface area contributed by atoms with Crippen LogP contribution in [-0.4, -0.2) is 10.8 Å². The van der Waals surface area contributed by atoms with Gasteiger partial charge in [0.25, 0.3) is 0 Å². The molecule has 134 valence electrons. The highest BCUT2D eigenvalue weighted by molar-refractivity contribution is 5.83. The number of pyridine rings is 1. The zero-order chi connectivity index (χ0) is 18.8. The van der Waals surface area contributed by atoms with Gasteiger partial charge in [0.1, 0.15) is 5.78 Å². The highest BCUT2D eigenvalue weighted by Crippen LogP contribution is 2.20. The molecule has 2 nitrogen and oxygen atoms in total. The first kappa shape index (κ1) is 24.3. The Morgan fingerprint density at radius 1 is 1.00 bits per heavy atom. The number of hydrogen-bond acceptors (Lipinski definition) is 2. The molecule has 1 aromatic heterocycles. The van der Waals surface area contributed by atoms with Crippen LogP contribution in [0.4, 0.5) is 0 Å². The van der Waals surface area contributed by atoms with Crippen LogP contribution in [0.1, 0.15) is 71.4 Å². The van der Waals surface area contributed by atoms with E-state index in [2.05, 4.69) is 31.0 Å². The van der Waals surface area contributed by atoms with Crippen molar-refractivity contribution in [1.82, 2.24) is 4.98 Å². The molecule has 0 bridgehead atoms. The van der Waals surface area contributed by atoms with Crippen molar-refractivity contribution in [2.45, 2.75) is 67.2 Å². The first-order valence-corrected chi connectivity index (χ1v) is 9.07. The van der Waals surface area contributed by atoms with E-state index in [9.17, 15) is 4.79 Å². The molecule has 0 aliphatic rings. The first-order chi connectivity index (χ1) is 11.6. The van der Waals surface area contributed by atoms with E-state index in [4.69, 9.17) is 0 Å². The fourth-order valence-electron chi connectivity index (χ4n) is 2.01. The van der Waals surface area contributed by atoms with E-state index in [1.54, 1.807) is 19.3 Å². The largest absolute Gasteiger partial charge is 0.299 e. The van der Waals surface area contributed by atoms with Crippen LogP contribution in [0, 0.1) is 6.92 Å². The van der Waals surface area contributed by atoms with Gasteiger partial charge in [-0.1, -0.05) is 83.0 Å². The number of nitrogens with zero attached hydrogens (tertiary/aromatic N) is 1. The Labute approximate surface area is 149 Å². The van der Waals surface area contributed by atoms with E-state index in [0.29, 0.717) is 0 Å². The molecule has 2 heteroatoms. The lowest BCUT2D eigenvalue weighted by Gasteiger charge is -2.11. The Kier molecular flexibility index (Phi) is 17.6. The molecule has 0 spiro atoms. The SMILES string of the molecule is CC.CC.CCCC(C(C)=O)c1cccnc1.Cc1ccccc1. The summed E-state index contributed by atoms with van der Waals surface area (Å²) >= 11 is 0. The van der Waals surface area contributed by atoms with E-state index in [1.807, 2.05) is 58.0 Å². The monoisotopic (exact) mass is 329 g/mol. The van der Waals surface area contributed by atoms with Crippen molar-refractivity contribution in [3.05, 3.63) is 66.0 Å². The quantitative estimate of drug-likeness (QED) is 0.632. The molecule has 1 unspecified atom stereocenters. The summed E-state index contributed by atoms with van der Waals surface area (Å²) in [6.45, 7) is 13.8. The van der Waals surface area contributed by atoms with E-state index in [-0.39, 0.29) is 11.7 Å². The van der Waals surface area contributed by atoms with Crippen molar-refractivity contribution < 1.29 is 4.79 Å². The van der Waals surface area contributed by atoms with Gasteiger partial charge in [0.15, 0.2) is 0 Å². The van der Waals surface area contributed by atoms with Crippen LogP contribution in [0.3, 0.4) is 0 Å². The molecule has 2 aromatic rings. The fourth-order valence-corrected chi connectivity index (χ4v) is 2.01. The summed E-state index contributed by atoms with van der Waals surface area (Å²) in [5.41, 5.74) is 2.36. The predicted molar refractivity (Wildman–Crippen MR) is 106 cm³/mol. The van der Waals surface area contributed by atoms with Crippen molar-refractivity contribution in [1.29, 1.82) is 0 Å². The summed E-state index contributed by atoms with van der Waals surface area (Å²) in [6, 6.07) is 14.1. The maximum absolute atomic E-state index is 11.3. The number of Topliss-reactive ketones (excluding diaryl/α,β-unsaturated/α-hetero) is 1. The molecular weight excluding hydrogens is 294 g/mol. The Balaban J connectivity index is 0. The summed E-state index contributed by atoms with van der Waals surface area (Å²) in [7, 11) is 0. The van der Waals surface area contributed by atoms with Gasteiger partial charge in [-0.25, -0.2) is 0 Å². The summed E-state index contributed by atoms with van der Waals surface area (Å²) in [4.78, 5) is 15.3. The maximum Gasteiger partial charge on any atom is 0.137 e. The normalized spacial score (nSPS) is 9.79. The zero-order valence-electron chi connectivity index (χ0n) is 16.5. The molecule has 0 fully saturated rings. The highest BCUT2D eigenvalue weighted by Gasteiger charge is 2.14. The highest BCUT2D eigenvalue weighted by atomic mass is 16.1. The van der Waals surface area contributed by atoms with Gasteiger partial charge in [0.2, 0.25) is 0 Å². The second kappa shape index (κ2) is 17.4. The van der Waals surface area contributed by atoms with Gasteiger partial charge in [0.05, 0.1) is 0 Å². The summed E-state index contributed by atoms with van der Waals surface area (Å²) < 4.78 is 0. The number of carbonyl (C=O) groups is 1. The molecule has 2 rings (SSSR count).